The summed E-state index contributed by atoms with van der Waals surface area (Å²) in [5.74, 6) is 0. The summed E-state index contributed by atoms with van der Waals surface area (Å²) in [5.41, 5.74) is 0.716. The maximum atomic E-state index is 12.5. The van der Waals surface area contributed by atoms with Crippen LogP contribution < -0.4 is 0 Å². The molecule has 0 unspecified atom stereocenters. The lowest BCUT2D eigenvalue weighted by molar-refractivity contribution is 0.170. The predicted octanol–water partition coefficient (Wildman–Crippen LogP) is 4.14. The van der Waals surface area contributed by atoms with Crippen LogP contribution in [-0.2, 0) is 13.6 Å². The third kappa shape index (κ3) is 4.14. The van der Waals surface area contributed by atoms with Crippen molar-refractivity contribution in [3.63, 3.8) is 0 Å². The van der Waals surface area contributed by atoms with Gasteiger partial charge < -0.3 is 14.2 Å². The lowest BCUT2D eigenvalue weighted by Crippen LogP contribution is -2.08. The van der Waals surface area contributed by atoms with Crippen LogP contribution in [0.15, 0.2) is 42.5 Å². The summed E-state index contributed by atoms with van der Waals surface area (Å²) < 4.78 is 22.9. The first kappa shape index (κ1) is 16.2. The number of hydrogen-bond donors (Lipinski definition) is 1. The summed E-state index contributed by atoms with van der Waals surface area (Å²) in [6.45, 7) is 4.10. The highest BCUT2D eigenvalue weighted by molar-refractivity contribution is 7.53. The molecule has 0 radical (unpaired) electrons. The zero-order chi connectivity index (χ0) is 15.3. The standard InChI is InChI=1S/C16H21O4P/c1-3-19-21(18,20-4-2)12-16(17)15-10-9-13-7-5-6-8-14(13)11-15/h5-11,16-17H,3-4,12H2,1-2H3/t16-/m1/s1. The molecule has 21 heavy (non-hydrogen) atoms. The Kier molecular flexibility index (Phi) is 5.54. The normalized spacial score (nSPS) is 13.5. The fourth-order valence-electron chi connectivity index (χ4n) is 2.27. The average molecular weight is 308 g/mol. The second-order valence-electron chi connectivity index (χ2n) is 4.75. The molecule has 0 bridgehead atoms. The van der Waals surface area contributed by atoms with Crippen molar-refractivity contribution < 1.29 is 18.7 Å². The van der Waals surface area contributed by atoms with Crippen molar-refractivity contribution in [1.82, 2.24) is 0 Å². The molecule has 4 nitrogen and oxygen atoms in total. The minimum atomic E-state index is -3.25. The van der Waals surface area contributed by atoms with Gasteiger partial charge in [-0.2, -0.15) is 0 Å². The van der Waals surface area contributed by atoms with E-state index in [1.807, 2.05) is 42.5 Å². The first-order chi connectivity index (χ1) is 10.1. The first-order valence-electron chi connectivity index (χ1n) is 7.13. The first-order valence-corrected chi connectivity index (χ1v) is 8.85. The molecular weight excluding hydrogens is 287 g/mol. The third-order valence-corrected chi connectivity index (χ3v) is 5.30. The number of aliphatic hydroxyl groups excluding tert-OH is 1. The highest BCUT2D eigenvalue weighted by Gasteiger charge is 2.28. The van der Waals surface area contributed by atoms with E-state index in [1.165, 1.54) is 0 Å². The van der Waals surface area contributed by atoms with E-state index in [0.29, 0.717) is 18.8 Å². The van der Waals surface area contributed by atoms with Crippen LogP contribution in [0.4, 0.5) is 0 Å². The van der Waals surface area contributed by atoms with E-state index in [9.17, 15) is 9.67 Å². The Bertz CT molecular complexity index is 631. The molecule has 0 saturated carbocycles. The molecule has 0 aliphatic rings. The van der Waals surface area contributed by atoms with Gasteiger partial charge in [0.05, 0.1) is 25.5 Å². The topological polar surface area (TPSA) is 55.8 Å². The van der Waals surface area contributed by atoms with Crippen molar-refractivity contribution in [3.8, 4) is 0 Å². The second-order valence-corrected chi connectivity index (χ2v) is 6.85. The van der Waals surface area contributed by atoms with Crippen LogP contribution in [0.3, 0.4) is 0 Å². The molecule has 0 spiro atoms. The molecule has 0 aliphatic carbocycles. The minimum Gasteiger partial charge on any atom is -0.388 e. The van der Waals surface area contributed by atoms with Crippen molar-refractivity contribution in [3.05, 3.63) is 48.0 Å². The van der Waals surface area contributed by atoms with E-state index >= 15 is 0 Å². The summed E-state index contributed by atoms with van der Waals surface area (Å²) in [6, 6.07) is 13.6. The Morgan fingerprint density at radius 3 is 2.29 bits per heavy atom. The molecule has 0 aromatic heterocycles. The van der Waals surface area contributed by atoms with Gasteiger partial charge >= 0.3 is 7.60 Å². The summed E-state index contributed by atoms with van der Waals surface area (Å²) in [4.78, 5) is 0. The van der Waals surface area contributed by atoms with Gasteiger partial charge in [0, 0.05) is 0 Å². The molecule has 0 aliphatic heterocycles. The Morgan fingerprint density at radius 1 is 1.05 bits per heavy atom. The number of benzene rings is 2. The molecule has 0 heterocycles. The van der Waals surface area contributed by atoms with E-state index in [1.54, 1.807) is 13.8 Å². The highest BCUT2D eigenvalue weighted by Crippen LogP contribution is 2.50. The molecule has 2 aromatic rings. The minimum absolute atomic E-state index is 0.0347. The van der Waals surface area contributed by atoms with E-state index in [-0.39, 0.29) is 6.16 Å². The Hall–Kier alpha value is -1.19. The number of hydrogen-bond acceptors (Lipinski definition) is 4. The largest absolute Gasteiger partial charge is 0.388 e. The van der Waals surface area contributed by atoms with Gasteiger partial charge in [0.25, 0.3) is 0 Å². The van der Waals surface area contributed by atoms with Gasteiger partial charge in [0.2, 0.25) is 0 Å². The number of aliphatic hydroxyl groups is 1. The number of rotatable bonds is 7. The molecule has 1 atom stereocenters. The van der Waals surface area contributed by atoms with Crippen LogP contribution in [-0.4, -0.2) is 24.5 Å². The van der Waals surface area contributed by atoms with Crippen LogP contribution in [0.1, 0.15) is 25.5 Å². The lowest BCUT2D eigenvalue weighted by Gasteiger charge is -2.20. The molecule has 1 N–H and O–H groups in total. The van der Waals surface area contributed by atoms with Gasteiger partial charge in [0.1, 0.15) is 0 Å². The molecule has 0 saturated heterocycles. The van der Waals surface area contributed by atoms with E-state index in [2.05, 4.69) is 0 Å². The van der Waals surface area contributed by atoms with Crippen LogP contribution in [0, 0.1) is 0 Å². The van der Waals surface area contributed by atoms with Gasteiger partial charge in [0.15, 0.2) is 0 Å². The highest BCUT2D eigenvalue weighted by atomic mass is 31.2. The summed E-state index contributed by atoms with van der Waals surface area (Å²) in [5, 5.41) is 12.5. The van der Waals surface area contributed by atoms with Crippen LogP contribution in [0.2, 0.25) is 0 Å². The van der Waals surface area contributed by atoms with Crippen molar-refractivity contribution >= 4 is 18.4 Å². The van der Waals surface area contributed by atoms with Gasteiger partial charge in [-0.1, -0.05) is 36.4 Å². The van der Waals surface area contributed by atoms with Gasteiger partial charge in [-0.25, -0.2) is 0 Å². The number of fused-ring (bicyclic) bond motifs is 1. The van der Waals surface area contributed by atoms with Crippen molar-refractivity contribution in [2.45, 2.75) is 20.0 Å². The quantitative estimate of drug-likeness (QED) is 0.781. The predicted molar refractivity (Wildman–Crippen MR) is 84.6 cm³/mol. The Balaban J connectivity index is 2.20. The molecule has 5 heteroatoms. The van der Waals surface area contributed by atoms with Crippen LogP contribution in [0.5, 0.6) is 0 Å². The fraction of sp³-hybridized carbons (Fsp3) is 0.375. The smallest absolute Gasteiger partial charge is 0.333 e. The molecule has 0 fully saturated rings. The summed E-state index contributed by atoms with van der Waals surface area (Å²) in [6.07, 6.45) is -0.911. The van der Waals surface area contributed by atoms with E-state index < -0.39 is 13.7 Å². The summed E-state index contributed by atoms with van der Waals surface area (Å²) in [7, 11) is -3.25. The summed E-state index contributed by atoms with van der Waals surface area (Å²) >= 11 is 0. The van der Waals surface area contributed by atoms with Crippen molar-refractivity contribution in [2.75, 3.05) is 19.4 Å². The van der Waals surface area contributed by atoms with Crippen molar-refractivity contribution in [1.29, 1.82) is 0 Å². The molecule has 0 amide bonds. The molecule has 2 rings (SSSR count). The van der Waals surface area contributed by atoms with E-state index in [4.69, 9.17) is 9.05 Å². The SMILES string of the molecule is CCOP(=O)(C[C@@H](O)c1ccc2ccccc2c1)OCC. The van der Waals surface area contributed by atoms with Gasteiger partial charge in [-0.15, -0.1) is 0 Å². The monoisotopic (exact) mass is 308 g/mol. The third-order valence-electron chi connectivity index (χ3n) is 3.21. The van der Waals surface area contributed by atoms with Crippen LogP contribution in [0.25, 0.3) is 10.8 Å². The zero-order valence-electron chi connectivity index (χ0n) is 12.4. The maximum absolute atomic E-state index is 12.5. The molecule has 2 aromatic carbocycles. The molecule has 114 valence electrons. The van der Waals surface area contributed by atoms with Gasteiger partial charge in [-0.05, 0) is 36.2 Å². The van der Waals surface area contributed by atoms with Crippen molar-refractivity contribution in [2.24, 2.45) is 0 Å². The maximum Gasteiger partial charge on any atom is 0.333 e. The van der Waals surface area contributed by atoms with Gasteiger partial charge in [-0.3, -0.25) is 4.57 Å². The zero-order valence-corrected chi connectivity index (χ0v) is 13.3. The second kappa shape index (κ2) is 7.19. The fourth-order valence-corrected chi connectivity index (χ4v) is 3.97. The van der Waals surface area contributed by atoms with E-state index in [0.717, 1.165) is 10.8 Å². The average Bonchev–Trinajstić information content (AvgIpc) is 2.47. The Morgan fingerprint density at radius 2 is 1.67 bits per heavy atom. The lowest BCUT2D eigenvalue weighted by atomic mass is 10.0. The Labute approximate surface area is 125 Å². The molecular formula is C16H21O4P. The van der Waals surface area contributed by atoms with Crippen LogP contribution >= 0.6 is 7.60 Å².